The number of halogens is 5. The second kappa shape index (κ2) is 6.95. The SMILES string of the molecule is CN(Cc1nc2ccccc2n1C(F)F)C(=O)c1cc(F)c(F)cc1Cl. The number of fused-ring (bicyclic) bond motifs is 1. The molecule has 0 fully saturated rings. The van der Waals surface area contributed by atoms with E-state index in [1.165, 1.54) is 13.1 Å². The van der Waals surface area contributed by atoms with Crippen molar-refractivity contribution in [1.29, 1.82) is 0 Å². The van der Waals surface area contributed by atoms with Crippen molar-refractivity contribution in [2.75, 3.05) is 7.05 Å². The van der Waals surface area contributed by atoms with Crippen LogP contribution in [0.15, 0.2) is 36.4 Å². The Balaban J connectivity index is 1.94. The van der Waals surface area contributed by atoms with E-state index in [1.54, 1.807) is 18.2 Å². The van der Waals surface area contributed by atoms with Crippen LogP contribution in [-0.2, 0) is 6.54 Å². The molecule has 1 heterocycles. The zero-order valence-electron chi connectivity index (χ0n) is 13.4. The van der Waals surface area contributed by atoms with Crippen LogP contribution in [0.2, 0.25) is 5.02 Å². The Hall–Kier alpha value is -2.61. The van der Waals surface area contributed by atoms with Gasteiger partial charge in [-0.1, -0.05) is 23.7 Å². The van der Waals surface area contributed by atoms with E-state index in [-0.39, 0.29) is 28.5 Å². The van der Waals surface area contributed by atoms with Gasteiger partial charge in [0.15, 0.2) is 11.6 Å². The third-order valence-electron chi connectivity index (χ3n) is 3.83. The molecule has 0 unspecified atom stereocenters. The zero-order chi connectivity index (χ0) is 19.0. The van der Waals surface area contributed by atoms with Gasteiger partial charge < -0.3 is 4.90 Å². The Morgan fingerprint density at radius 3 is 2.58 bits per heavy atom. The predicted octanol–water partition coefficient (Wildman–Crippen LogP) is 4.64. The summed E-state index contributed by atoms with van der Waals surface area (Å²) in [5, 5.41) is -0.275. The number of carbonyl (C=O) groups excluding carboxylic acids is 1. The second-order valence-corrected chi connectivity index (χ2v) is 5.98. The van der Waals surface area contributed by atoms with Crippen LogP contribution in [0.4, 0.5) is 17.6 Å². The summed E-state index contributed by atoms with van der Waals surface area (Å²) in [6.07, 6.45) is 0. The monoisotopic (exact) mass is 385 g/mol. The molecule has 1 aromatic heterocycles. The summed E-state index contributed by atoms with van der Waals surface area (Å²) >= 11 is 5.79. The van der Waals surface area contributed by atoms with Gasteiger partial charge in [-0.2, -0.15) is 8.78 Å². The minimum atomic E-state index is -2.85. The molecule has 26 heavy (non-hydrogen) atoms. The number of hydrogen-bond donors (Lipinski definition) is 0. The van der Waals surface area contributed by atoms with E-state index in [0.717, 1.165) is 4.90 Å². The lowest BCUT2D eigenvalue weighted by atomic mass is 10.2. The number of nitrogens with zero attached hydrogens (tertiary/aromatic N) is 3. The molecule has 0 radical (unpaired) electrons. The predicted molar refractivity (Wildman–Crippen MR) is 88.2 cm³/mol. The Labute approximate surface area is 150 Å². The van der Waals surface area contributed by atoms with Crippen molar-refractivity contribution < 1.29 is 22.4 Å². The first-order valence-corrected chi connectivity index (χ1v) is 7.81. The number of aromatic nitrogens is 2. The number of rotatable bonds is 4. The van der Waals surface area contributed by atoms with Crippen LogP contribution in [0.3, 0.4) is 0 Å². The molecule has 0 spiro atoms. The fourth-order valence-corrected chi connectivity index (χ4v) is 2.83. The Morgan fingerprint density at radius 1 is 1.23 bits per heavy atom. The lowest BCUT2D eigenvalue weighted by molar-refractivity contribution is 0.0646. The summed E-state index contributed by atoms with van der Waals surface area (Å²) in [6.45, 7) is -3.12. The topological polar surface area (TPSA) is 38.1 Å². The Bertz CT molecular complexity index is 990. The molecule has 2 aromatic carbocycles. The minimum Gasteiger partial charge on any atom is -0.334 e. The average Bonchev–Trinajstić information content (AvgIpc) is 2.95. The smallest absolute Gasteiger partial charge is 0.320 e. The third-order valence-corrected chi connectivity index (χ3v) is 4.14. The maximum absolute atomic E-state index is 13.4. The molecule has 9 heteroatoms. The van der Waals surface area contributed by atoms with Gasteiger partial charge in [-0.05, 0) is 24.3 Å². The highest BCUT2D eigenvalue weighted by Gasteiger charge is 2.23. The largest absolute Gasteiger partial charge is 0.334 e. The summed E-state index contributed by atoms with van der Waals surface area (Å²) in [7, 11) is 1.33. The van der Waals surface area contributed by atoms with E-state index in [1.807, 2.05) is 0 Å². The Morgan fingerprint density at radius 2 is 1.88 bits per heavy atom. The lowest BCUT2D eigenvalue weighted by Gasteiger charge is -2.18. The molecule has 0 saturated carbocycles. The molecular formula is C17H12ClF4N3O. The van der Waals surface area contributed by atoms with E-state index < -0.39 is 24.1 Å². The standard InChI is InChI=1S/C17H12ClF4N3O/c1-24(16(26)9-6-11(19)12(20)7-10(9)18)8-15-23-13-4-2-3-5-14(13)25(15)17(21)22/h2-7,17H,8H2,1H3. The first kappa shape index (κ1) is 18.2. The maximum atomic E-state index is 13.4. The van der Waals surface area contributed by atoms with Crippen LogP contribution in [0, 0.1) is 11.6 Å². The molecule has 0 bridgehead atoms. The van der Waals surface area contributed by atoms with Gasteiger partial charge in [-0.25, -0.2) is 13.8 Å². The molecule has 0 aliphatic carbocycles. The van der Waals surface area contributed by atoms with Crippen molar-refractivity contribution in [3.8, 4) is 0 Å². The van der Waals surface area contributed by atoms with Gasteiger partial charge in [-0.3, -0.25) is 9.36 Å². The van der Waals surface area contributed by atoms with Crippen molar-refractivity contribution in [2.24, 2.45) is 0 Å². The van der Waals surface area contributed by atoms with Crippen molar-refractivity contribution in [3.05, 3.63) is 64.4 Å². The van der Waals surface area contributed by atoms with E-state index in [4.69, 9.17) is 11.6 Å². The summed E-state index contributed by atoms with van der Waals surface area (Å²) in [4.78, 5) is 17.6. The van der Waals surface area contributed by atoms with Crippen LogP contribution in [-0.4, -0.2) is 27.4 Å². The molecule has 4 nitrogen and oxygen atoms in total. The number of hydrogen-bond acceptors (Lipinski definition) is 2. The first-order valence-electron chi connectivity index (χ1n) is 7.43. The highest BCUT2D eigenvalue weighted by Crippen LogP contribution is 2.25. The van der Waals surface area contributed by atoms with Gasteiger partial charge in [0.25, 0.3) is 5.91 Å². The summed E-state index contributed by atoms with van der Waals surface area (Å²) in [5.74, 6) is -3.21. The second-order valence-electron chi connectivity index (χ2n) is 5.57. The molecule has 136 valence electrons. The number of carbonyl (C=O) groups is 1. The molecule has 0 N–H and O–H groups in total. The molecular weight excluding hydrogens is 374 g/mol. The van der Waals surface area contributed by atoms with Crippen LogP contribution < -0.4 is 0 Å². The van der Waals surface area contributed by atoms with E-state index in [0.29, 0.717) is 22.2 Å². The molecule has 3 rings (SSSR count). The summed E-state index contributed by atoms with van der Waals surface area (Å²) in [6, 6.07) is 7.68. The van der Waals surface area contributed by atoms with Crippen LogP contribution in [0.25, 0.3) is 11.0 Å². The molecule has 0 saturated heterocycles. The van der Waals surface area contributed by atoms with Crippen molar-refractivity contribution >= 4 is 28.5 Å². The van der Waals surface area contributed by atoms with Crippen molar-refractivity contribution in [2.45, 2.75) is 13.1 Å². The third kappa shape index (κ3) is 3.24. The van der Waals surface area contributed by atoms with Gasteiger partial charge in [0.2, 0.25) is 0 Å². The first-order chi connectivity index (χ1) is 12.3. The van der Waals surface area contributed by atoms with Crippen LogP contribution in [0.1, 0.15) is 22.7 Å². The molecule has 0 atom stereocenters. The fraction of sp³-hybridized carbons (Fsp3) is 0.176. The quantitative estimate of drug-likeness (QED) is 0.485. The van der Waals surface area contributed by atoms with E-state index >= 15 is 0 Å². The number of para-hydroxylation sites is 2. The highest BCUT2D eigenvalue weighted by molar-refractivity contribution is 6.33. The minimum absolute atomic E-state index is 0.0456. The fourth-order valence-electron chi connectivity index (χ4n) is 2.60. The molecule has 0 aliphatic heterocycles. The van der Waals surface area contributed by atoms with Gasteiger partial charge in [0.1, 0.15) is 5.82 Å². The molecule has 1 amide bonds. The highest BCUT2D eigenvalue weighted by atomic mass is 35.5. The van der Waals surface area contributed by atoms with Crippen LogP contribution >= 0.6 is 11.6 Å². The number of imidazole rings is 1. The summed E-state index contributed by atoms with van der Waals surface area (Å²) < 4.78 is 54.1. The Kier molecular flexibility index (Phi) is 4.86. The van der Waals surface area contributed by atoms with Crippen molar-refractivity contribution in [1.82, 2.24) is 14.5 Å². The maximum Gasteiger partial charge on any atom is 0.320 e. The van der Waals surface area contributed by atoms with Crippen LogP contribution in [0.5, 0.6) is 0 Å². The average molecular weight is 386 g/mol. The van der Waals surface area contributed by atoms with E-state index in [2.05, 4.69) is 4.98 Å². The zero-order valence-corrected chi connectivity index (χ0v) is 14.1. The van der Waals surface area contributed by atoms with Gasteiger partial charge in [0, 0.05) is 7.05 Å². The molecule has 3 aromatic rings. The molecule has 0 aliphatic rings. The van der Waals surface area contributed by atoms with Crippen molar-refractivity contribution in [3.63, 3.8) is 0 Å². The number of alkyl halides is 2. The number of benzene rings is 2. The normalized spacial score (nSPS) is 11.3. The van der Waals surface area contributed by atoms with Gasteiger partial charge in [0.05, 0.1) is 28.2 Å². The summed E-state index contributed by atoms with van der Waals surface area (Å²) in [5.41, 5.74) is 0.312. The van der Waals surface area contributed by atoms with Gasteiger partial charge in [-0.15, -0.1) is 0 Å². The number of amides is 1. The lowest BCUT2D eigenvalue weighted by Crippen LogP contribution is -2.28. The van der Waals surface area contributed by atoms with Gasteiger partial charge >= 0.3 is 6.55 Å². The van der Waals surface area contributed by atoms with E-state index in [9.17, 15) is 22.4 Å².